The highest BCUT2D eigenvalue weighted by molar-refractivity contribution is 9.10. The van der Waals surface area contributed by atoms with E-state index in [1.54, 1.807) is 18.2 Å². The van der Waals surface area contributed by atoms with Crippen molar-refractivity contribution in [2.45, 2.75) is 6.92 Å². The van der Waals surface area contributed by atoms with Crippen LogP contribution in [-0.4, -0.2) is 9.97 Å². The molecule has 0 amide bonds. The van der Waals surface area contributed by atoms with E-state index in [4.69, 9.17) is 18.0 Å². The molecule has 0 unspecified atom stereocenters. The number of aryl methyl sites for hydroxylation is 1. The van der Waals surface area contributed by atoms with Gasteiger partial charge in [-0.1, -0.05) is 12.2 Å². The molecule has 0 fully saturated rings. The van der Waals surface area contributed by atoms with Crippen molar-refractivity contribution in [1.82, 2.24) is 4.98 Å². The van der Waals surface area contributed by atoms with E-state index in [0.29, 0.717) is 21.5 Å². The number of thiocarbonyl (C=S) groups is 1. The Labute approximate surface area is 124 Å². The molecule has 1 heterocycles. The summed E-state index contributed by atoms with van der Waals surface area (Å²) >= 11 is 8.08. The molecule has 3 N–H and O–H groups in total. The second-order valence-electron chi connectivity index (χ2n) is 3.97. The van der Waals surface area contributed by atoms with Crippen LogP contribution in [0.2, 0.25) is 0 Å². The summed E-state index contributed by atoms with van der Waals surface area (Å²) in [6.07, 6.45) is 0. The maximum atomic E-state index is 13.5. The first kappa shape index (κ1) is 13.9. The molecular formula is C13H11BrFN3S. The van der Waals surface area contributed by atoms with Crippen LogP contribution < -0.4 is 11.1 Å². The van der Waals surface area contributed by atoms with E-state index in [1.165, 1.54) is 6.07 Å². The number of pyridine rings is 1. The zero-order chi connectivity index (χ0) is 14.0. The molecule has 19 heavy (non-hydrogen) atoms. The van der Waals surface area contributed by atoms with Crippen LogP contribution in [0, 0.1) is 12.7 Å². The normalized spacial score (nSPS) is 10.3. The van der Waals surface area contributed by atoms with Gasteiger partial charge in [0, 0.05) is 11.4 Å². The highest BCUT2D eigenvalue weighted by Crippen LogP contribution is 2.23. The number of hydrogen-bond donors (Lipinski definition) is 2. The lowest BCUT2D eigenvalue weighted by Gasteiger charge is -2.11. The van der Waals surface area contributed by atoms with Crippen molar-refractivity contribution in [2.24, 2.45) is 5.73 Å². The van der Waals surface area contributed by atoms with Gasteiger partial charge in [0.05, 0.1) is 10.0 Å². The Morgan fingerprint density at radius 2 is 2.11 bits per heavy atom. The van der Waals surface area contributed by atoms with Gasteiger partial charge in [-0.05, 0) is 53.2 Å². The molecule has 0 bridgehead atoms. The molecule has 2 rings (SSSR count). The van der Waals surface area contributed by atoms with Crippen LogP contribution in [0.1, 0.15) is 11.3 Å². The fraction of sp³-hybridized carbons (Fsp3) is 0.0769. The minimum absolute atomic E-state index is 0.243. The molecule has 1 aromatic carbocycles. The number of anilines is 2. The summed E-state index contributed by atoms with van der Waals surface area (Å²) in [7, 11) is 0. The molecule has 0 saturated heterocycles. The van der Waals surface area contributed by atoms with Crippen molar-refractivity contribution >= 4 is 44.6 Å². The topological polar surface area (TPSA) is 50.9 Å². The number of halogens is 2. The Morgan fingerprint density at radius 3 is 2.74 bits per heavy atom. The zero-order valence-corrected chi connectivity index (χ0v) is 12.5. The van der Waals surface area contributed by atoms with Gasteiger partial charge < -0.3 is 11.1 Å². The predicted octanol–water partition coefficient (Wildman–Crippen LogP) is 3.67. The molecule has 3 nitrogen and oxygen atoms in total. The summed E-state index contributed by atoms with van der Waals surface area (Å²) < 4.78 is 13.9. The van der Waals surface area contributed by atoms with Gasteiger partial charge in [-0.2, -0.15) is 0 Å². The Bertz CT molecular complexity index is 646. The van der Waals surface area contributed by atoms with Crippen LogP contribution in [-0.2, 0) is 0 Å². The zero-order valence-electron chi connectivity index (χ0n) is 10.1. The minimum atomic E-state index is -0.352. The Morgan fingerprint density at radius 1 is 1.37 bits per heavy atom. The Hall–Kier alpha value is -1.53. The molecule has 2 aromatic rings. The smallest absolute Gasteiger partial charge is 0.140 e. The van der Waals surface area contributed by atoms with Crippen molar-refractivity contribution < 1.29 is 4.39 Å². The third kappa shape index (κ3) is 3.27. The Balaban J connectivity index is 2.39. The van der Waals surface area contributed by atoms with Crippen LogP contribution >= 0.6 is 28.1 Å². The lowest BCUT2D eigenvalue weighted by molar-refractivity contribution is 0.622. The van der Waals surface area contributed by atoms with Crippen molar-refractivity contribution in [1.29, 1.82) is 0 Å². The lowest BCUT2D eigenvalue weighted by atomic mass is 10.2. The molecule has 0 radical (unpaired) electrons. The van der Waals surface area contributed by atoms with Gasteiger partial charge >= 0.3 is 0 Å². The summed E-state index contributed by atoms with van der Waals surface area (Å²) in [6.45, 7) is 1.86. The largest absolute Gasteiger partial charge is 0.389 e. The van der Waals surface area contributed by atoms with Crippen molar-refractivity contribution in [2.75, 3.05) is 5.32 Å². The van der Waals surface area contributed by atoms with Crippen LogP contribution in [0.4, 0.5) is 15.9 Å². The molecule has 6 heteroatoms. The second-order valence-corrected chi connectivity index (χ2v) is 5.26. The Kier molecular flexibility index (Phi) is 4.11. The number of rotatable bonds is 3. The van der Waals surface area contributed by atoms with Crippen LogP contribution in [0.25, 0.3) is 0 Å². The van der Waals surface area contributed by atoms with E-state index >= 15 is 0 Å². The fourth-order valence-corrected chi connectivity index (χ4v) is 1.97. The van der Waals surface area contributed by atoms with Crippen molar-refractivity contribution in [3.05, 3.63) is 51.9 Å². The van der Waals surface area contributed by atoms with Gasteiger partial charge in [0.15, 0.2) is 0 Å². The third-order valence-electron chi connectivity index (χ3n) is 2.48. The quantitative estimate of drug-likeness (QED) is 0.837. The average molecular weight is 340 g/mol. The van der Waals surface area contributed by atoms with Crippen LogP contribution in [0.15, 0.2) is 34.8 Å². The van der Waals surface area contributed by atoms with Gasteiger partial charge in [0.2, 0.25) is 0 Å². The highest BCUT2D eigenvalue weighted by Gasteiger charge is 2.08. The number of aromatic nitrogens is 1. The molecule has 1 aromatic heterocycles. The van der Waals surface area contributed by atoms with Gasteiger partial charge in [0.1, 0.15) is 16.6 Å². The maximum Gasteiger partial charge on any atom is 0.140 e. The number of hydrogen-bond acceptors (Lipinski definition) is 3. The van der Waals surface area contributed by atoms with Gasteiger partial charge in [-0.15, -0.1) is 0 Å². The SMILES string of the molecule is Cc1ccc(C(N)=S)c(Nc2ccc(Br)c(F)c2)n1. The first-order chi connectivity index (χ1) is 8.97. The van der Waals surface area contributed by atoms with Crippen LogP contribution in [0.3, 0.4) is 0 Å². The molecule has 0 spiro atoms. The molecular weight excluding hydrogens is 329 g/mol. The number of nitrogens with one attached hydrogen (secondary N) is 1. The van der Waals surface area contributed by atoms with Crippen LogP contribution in [0.5, 0.6) is 0 Å². The summed E-state index contributed by atoms with van der Waals surface area (Å²) in [6, 6.07) is 8.34. The molecule has 0 saturated carbocycles. The summed E-state index contributed by atoms with van der Waals surface area (Å²) in [5.74, 6) is 0.170. The van der Waals surface area contributed by atoms with E-state index in [2.05, 4.69) is 26.2 Å². The van der Waals surface area contributed by atoms with Gasteiger partial charge in [-0.25, -0.2) is 9.37 Å². The maximum absolute atomic E-state index is 13.5. The molecule has 0 aliphatic carbocycles. The molecule has 98 valence electrons. The highest BCUT2D eigenvalue weighted by atomic mass is 79.9. The molecule has 0 atom stereocenters. The molecule has 0 aliphatic heterocycles. The van der Waals surface area contributed by atoms with E-state index < -0.39 is 0 Å². The number of nitrogens with zero attached hydrogens (tertiary/aromatic N) is 1. The number of nitrogens with two attached hydrogens (primary N) is 1. The van der Waals surface area contributed by atoms with Gasteiger partial charge in [-0.3, -0.25) is 0 Å². The van der Waals surface area contributed by atoms with E-state index in [0.717, 1.165) is 5.69 Å². The van der Waals surface area contributed by atoms with E-state index in [-0.39, 0.29) is 10.8 Å². The minimum Gasteiger partial charge on any atom is -0.389 e. The second kappa shape index (κ2) is 5.63. The summed E-state index contributed by atoms with van der Waals surface area (Å²) in [4.78, 5) is 4.57. The number of benzene rings is 1. The summed E-state index contributed by atoms with van der Waals surface area (Å²) in [5, 5.41) is 3.02. The van der Waals surface area contributed by atoms with Crippen molar-refractivity contribution in [3.8, 4) is 0 Å². The van der Waals surface area contributed by atoms with Crippen molar-refractivity contribution in [3.63, 3.8) is 0 Å². The van der Waals surface area contributed by atoms with E-state index in [1.807, 2.05) is 13.0 Å². The monoisotopic (exact) mass is 339 g/mol. The fourth-order valence-electron chi connectivity index (χ4n) is 1.56. The summed E-state index contributed by atoms with van der Waals surface area (Å²) in [5.41, 5.74) is 7.67. The predicted molar refractivity (Wildman–Crippen MR) is 82.2 cm³/mol. The first-order valence-electron chi connectivity index (χ1n) is 5.47. The standard InChI is InChI=1S/C13H11BrFN3S/c1-7-2-4-9(12(16)19)13(17-7)18-8-3-5-10(14)11(15)6-8/h2-6H,1H3,(H2,16,19)(H,17,18). The average Bonchev–Trinajstić information content (AvgIpc) is 2.33. The van der Waals surface area contributed by atoms with E-state index in [9.17, 15) is 4.39 Å². The first-order valence-corrected chi connectivity index (χ1v) is 6.67. The third-order valence-corrected chi connectivity index (χ3v) is 3.35. The molecule has 0 aliphatic rings. The van der Waals surface area contributed by atoms with Gasteiger partial charge in [0.25, 0.3) is 0 Å². The lowest BCUT2D eigenvalue weighted by Crippen LogP contribution is -2.13.